The predicted octanol–water partition coefficient (Wildman–Crippen LogP) is 1.95. The van der Waals surface area contributed by atoms with Gasteiger partial charge in [0.2, 0.25) is 0 Å². The van der Waals surface area contributed by atoms with E-state index in [1.807, 2.05) is 0 Å². The Balaban J connectivity index is 0. The van der Waals surface area contributed by atoms with E-state index in [0.29, 0.717) is 0 Å². The summed E-state index contributed by atoms with van der Waals surface area (Å²) in [6.07, 6.45) is -7.16. The number of hydrogen-bond acceptors (Lipinski definition) is 3. The fraction of sp³-hybridized carbons (Fsp3) is 1.00. The Morgan fingerprint density at radius 1 is 0.722 bits per heavy atom. The normalized spacial score (nSPS) is 15.2. The van der Waals surface area contributed by atoms with Crippen molar-refractivity contribution in [3.8, 4) is 0 Å². The second-order valence-corrected chi connectivity index (χ2v) is 4.04. The van der Waals surface area contributed by atoms with Gasteiger partial charge in [-0.1, -0.05) is 0 Å². The Hall–Kier alpha value is 0.0203. The molecular weight excluding hydrogens is 407 g/mol. The summed E-state index contributed by atoms with van der Waals surface area (Å²) in [5, 5.41) is -7.11. The fourth-order valence-corrected chi connectivity index (χ4v) is 0.960. The quantitative estimate of drug-likeness (QED) is 0.409. The summed E-state index contributed by atoms with van der Waals surface area (Å²) >= 11 is 0. The van der Waals surface area contributed by atoms with E-state index in [2.05, 4.69) is 0 Å². The van der Waals surface area contributed by atoms with Gasteiger partial charge in [0.05, 0.1) is 0 Å². The largest absolute Gasteiger partial charge is 1.00 e. The van der Waals surface area contributed by atoms with Crippen molar-refractivity contribution in [2.24, 2.45) is 0 Å². The van der Waals surface area contributed by atoms with Crippen molar-refractivity contribution in [2.45, 2.75) is 23.3 Å². The Bertz CT molecular complexity index is 399. The summed E-state index contributed by atoms with van der Waals surface area (Å²) in [5.41, 5.74) is 0. The zero-order valence-corrected chi connectivity index (χ0v) is 9.63. The second kappa shape index (κ2) is 4.85. The number of hydrogen-bond donors (Lipinski definition) is 0. The van der Waals surface area contributed by atoms with E-state index >= 15 is 0 Å². The van der Waals surface area contributed by atoms with Crippen molar-refractivity contribution in [1.82, 2.24) is 0 Å². The summed E-state index contributed by atoms with van der Waals surface area (Å²) in [6, 6.07) is 0. The van der Waals surface area contributed by atoms with E-state index in [4.69, 9.17) is 0 Å². The maximum absolute atomic E-state index is 12.2. The van der Waals surface area contributed by atoms with Crippen LogP contribution in [0.4, 0.5) is 39.5 Å². The minimum Gasteiger partial charge on any atom is -0.743 e. The van der Waals surface area contributed by atoms with E-state index in [1.165, 1.54) is 0 Å². The molecule has 0 aromatic carbocycles. The van der Waals surface area contributed by atoms with Gasteiger partial charge in [-0.2, -0.15) is 39.5 Å². The van der Waals surface area contributed by atoms with Crippen LogP contribution in [0.15, 0.2) is 0 Å². The molecule has 0 saturated carbocycles. The monoisotopic (exact) mass is 406 g/mol. The number of rotatable bonds is 3. The third kappa shape index (κ3) is 2.79. The molecule has 0 atom stereocenters. The van der Waals surface area contributed by atoms with Gasteiger partial charge in [0, 0.05) is 0 Å². The van der Waals surface area contributed by atoms with E-state index < -0.39 is 33.4 Å². The van der Waals surface area contributed by atoms with Gasteiger partial charge >= 0.3 is 45.7 Å². The molecule has 0 saturated heterocycles. The molecule has 18 heavy (non-hydrogen) atoms. The molecule has 0 amide bonds. The summed E-state index contributed by atoms with van der Waals surface area (Å²) in [5.74, 6) is -14.8. The molecule has 0 spiro atoms. The molecule has 0 aromatic heterocycles. The SMILES string of the molecule is O=S(=O)([O-])C(F)(F)C(F)(F)C(F)(F)C(F)(F)F.[Ag+]. The first-order valence-corrected chi connectivity index (χ1v) is 4.56. The number of alkyl halides is 9. The molecule has 0 aliphatic heterocycles. The molecule has 14 heteroatoms. The minimum absolute atomic E-state index is 0. The van der Waals surface area contributed by atoms with Crippen molar-refractivity contribution in [3.05, 3.63) is 0 Å². The molecule has 0 radical (unpaired) electrons. The van der Waals surface area contributed by atoms with Crippen molar-refractivity contribution in [1.29, 1.82) is 0 Å². The van der Waals surface area contributed by atoms with Gasteiger partial charge in [-0.05, 0) is 0 Å². The third-order valence-electron chi connectivity index (χ3n) is 1.43. The zero-order valence-electron chi connectivity index (χ0n) is 7.34. The van der Waals surface area contributed by atoms with E-state index in [-0.39, 0.29) is 22.4 Å². The van der Waals surface area contributed by atoms with Gasteiger partial charge in [0.25, 0.3) is 0 Å². The fourth-order valence-electron chi connectivity index (χ4n) is 0.518. The van der Waals surface area contributed by atoms with E-state index in [9.17, 15) is 52.5 Å². The first-order valence-electron chi connectivity index (χ1n) is 3.15. The first-order chi connectivity index (χ1) is 7.00. The average Bonchev–Trinajstić information content (AvgIpc) is 1.98. The van der Waals surface area contributed by atoms with Gasteiger partial charge < -0.3 is 4.55 Å². The molecule has 114 valence electrons. The molecule has 0 unspecified atom stereocenters. The van der Waals surface area contributed by atoms with Crippen molar-refractivity contribution < 1.29 is 74.9 Å². The second-order valence-electron chi connectivity index (χ2n) is 2.62. The van der Waals surface area contributed by atoms with Crippen LogP contribution in [0.2, 0.25) is 0 Å². The molecule has 0 bridgehead atoms. The van der Waals surface area contributed by atoms with Crippen LogP contribution in [0, 0.1) is 0 Å². The van der Waals surface area contributed by atoms with Crippen LogP contribution in [0.1, 0.15) is 0 Å². The Kier molecular flexibility index (Phi) is 5.48. The van der Waals surface area contributed by atoms with E-state index in [0.717, 1.165) is 0 Å². The van der Waals surface area contributed by atoms with Crippen LogP contribution < -0.4 is 0 Å². The van der Waals surface area contributed by atoms with Gasteiger partial charge in [-0.15, -0.1) is 0 Å². The van der Waals surface area contributed by atoms with Gasteiger partial charge in [0.1, 0.15) is 0 Å². The topological polar surface area (TPSA) is 57.2 Å². The Morgan fingerprint density at radius 2 is 1.00 bits per heavy atom. The molecule has 0 aliphatic rings. The van der Waals surface area contributed by atoms with Crippen LogP contribution in [-0.2, 0) is 32.5 Å². The zero-order chi connectivity index (χ0) is 14.5. The molecule has 3 nitrogen and oxygen atoms in total. The van der Waals surface area contributed by atoms with Crippen LogP contribution in [0.25, 0.3) is 0 Å². The standard InChI is InChI=1S/C4HF9O3S.Ag/c5-1(6,3(9,10)11)2(7,8)4(12,13)17(14,15)16;/h(H,14,15,16);/q;+1/p-1. The molecule has 0 heterocycles. The summed E-state index contributed by atoms with van der Waals surface area (Å²) in [4.78, 5) is 0. The van der Waals surface area contributed by atoms with Gasteiger partial charge in [-0.3, -0.25) is 0 Å². The van der Waals surface area contributed by atoms with Gasteiger partial charge in [0.15, 0.2) is 10.1 Å². The van der Waals surface area contributed by atoms with Crippen LogP contribution in [-0.4, -0.2) is 36.2 Å². The minimum atomic E-state index is -7.43. The van der Waals surface area contributed by atoms with Crippen molar-refractivity contribution in [3.63, 3.8) is 0 Å². The summed E-state index contributed by atoms with van der Waals surface area (Å²) in [7, 11) is -7.42. The third-order valence-corrected chi connectivity index (χ3v) is 2.31. The molecule has 0 aliphatic carbocycles. The maximum atomic E-state index is 12.2. The molecule has 0 fully saturated rings. The number of halogens is 9. The van der Waals surface area contributed by atoms with Crippen molar-refractivity contribution >= 4 is 10.1 Å². The van der Waals surface area contributed by atoms with Crippen LogP contribution in [0.3, 0.4) is 0 Å². The Morgan fingerprint density at radius 3 is 1.17 bits per heavy atom. The van der Waals surface area contributed by atoms with Crippen molar-refractivity contribution in [2.75, 3.05) is 0 Å². The van der Waals surface area contributed by atoms with Crippen LogP contribution >= 0.6 is 0 Å². The molecule has 0 rings (SSSR count). The first kappa shape index (κ1) is 20.3. The Labute approximate surface area is 109 Å². The predicted molar refractivity (Wildman–Crippen MR) is 30.6 cm³/mol. The summed E-state index contributed by atoms with van der Waals surface area (Å²) in [6.45, 7) is 0. The smallest absolute Gasteiger partial charge is 0.743 e. The van der Waals surface area contributed by atoms with Gasteiger partial charge in [-0.25, -0.2) is 8.42 Å². The molecule has 0 aromatic rings. The molecular formula is C4AgF9O3S. The summed E-state index contributed by atoms with van der Waals surface area (Å²) < 4.78 is 135. The molecule has 0 N–H and O–H groups in total. The average molecular weight is 407 g/mol. The maximum Gasteiger partial charge on any atom is 1.00 e. The van der Waals surface area contributed by atoms with E-state index in [1.54, 1.807) is 0 Å². The van der Waals surface area contributed by atoms with Crippen LogP contribution in [0.5, 0.6) is 0 Å².